The molecule has 32 heavy (non-hydrogen) atoms. The maximum Gasteiger partial charge on any atom is 0.418 e. The van der Waals surface area contributed by atoms with Crippen LogP contribution in [-0.4, -0.2) is 34.0 Å². The van der Waals surface area contributed by atoms with Gasteiger partial charge in [0, 0.05) is 49.3 Å². The van der Waals surface area contributed by atoms with Gasteiger partial charge in [-0.2, -0.15) is 18.4 Å². The number of nitriles is 1. The molecule has 2 heterocycles. The number of benzene rings is 1. The van der Waals surface area contributed by atoms with Crippen molar-refractivity contribution in [3.63, 3.8) is 0 Å². The summed E-state index contributed by atoms with van der Waals surface area (Å²) in [7, 11) is 0. The van der Waals surface area contributed by atoms with Crippen molar-refractivity contribution in [1.29, 1.82) is 5.26 Å². The lowest BCUT2D eigenvalue weighted by Crippen LogP contribution is -2.36. The number of thioether (sulfide) groups is 1. The molecule has 1 N–H and O–H groups in total. The number of aromatic nitrogens is 1. The standard InChI is InChI=1S/C21H18ClF3N4O2S/c1-12(30)29-7-6-17-16(10-29)19(21(23,24)25)15(8-26)20(28-17)32-11-18(31)27-9-13-2-4-14(22)5-3-13/h2-5H,6-7,9-11H2,1H3,(H,27,31). The summed E-state index contributed by atoms with van der Waals surface area (Å²) in [5.41, 5.74) is -0.867. The van der Waals surface area contributed by atoms with Crippen LogP contribution in [-0.2, 0) is 35.3 Å². The van der Waals surface area contributed by atoms with Gasteiger partial charge in [-0.25, -0.2) is 4.98 Å². The van der Waals surface area contributed by atoms with Crippen LogP contribution in [0.1, 0.15) is 34.9 Å². The van der Waals surface area contributed by atoms with Crippen LogP contribution >= 0.6 is 23.4 Å². The normalized spacial score (nSPS) is 13.3. The minimum atomic E-state index is -4.80. The van der Waals surface area contributed by atoms with Crippen LogP contribution in [0, 0.1) is 11.3 Å². The molecule has 0 radical (unpaired) electrons. The van der Waals surface area contributed by atoms with Crippen molar-refractivity contribution in [3.8, 4) is 6.07 Å². The smallest absolute Gasteiger partial charge is 0.351 e. The van der Waals surface area contributed by atoms with Crippen LogP contribution in [0.4, 0.5) is 13.2 Å². The van der Waals surface area contributed by atoms with Crippen molar-refractivity contribution in [3.05, 3.63) is 57.2 Å². The van der Waals surface area contributed by atoms with E-state index < -0.39 is 23.2 Å². The molecule has 0 spiro atoms. The Morgan fingerprint density at radius 3 is 2.59 bits per heavy atom. The highest BCUT2D eigenvalue weighted by molar-refractivity contribution is 8.00. The molecular formula is C21H18ClF3N4O2S. The molecule has 1 aromatic carbocycles. The largest absolute Gasteiger partial charge is 0.418 e. The Balaban J connectivity index is 1.81. The first kappa shape index (κ1) is 23.9. The topological polar surface area (TPSA) is 86.1 Å². The van der Waals surface area contributed by atoms with E-state index in [4.69, 9.17) is 11.6 Å². The number of rotatable bonds is 5. The number of carbonyl (C=O) groups excluding carboxylic acids is 2. The van der Waals surface area contributed by atoms with E-state index in [1.54, 1.807) is 30.3 Å². The molecule has 0 aliphatic carbocycles. The first-order chi connectivity index (χ1) is 15.1. The fraction of sp³-hybridized carbons (Fsp3) is 0.333. The molecule has 0 atom stereocenters. The highest BCUT2D eigenvalue weighted by Gasteiger charge is 2.41. The van der Waals surface area contributed by atoms with E-state index in [-0.39, 0.29) is 54.0 Å². The van der Waals surface area contributed by atoms with Crippen molar-refractivity contribution in [2.75, 3.05) is 12.3 Å². The third-order valence-electron chi connectivity index (χ3n) is 4.90. The second kappa shape index (κ2) is 9.79. The Morgan fingerprint density at radius 2 is 2.00 bits per heavy atom. The van der Waals surface area contributed by atoms with Crippen molar-refractivity contribution in [1.82, 2.24) is 15.2 Å². The van der Waals surface area contributed by atoms with Crippen LogP contribution < -0.4 is 5.32 Å². The fourth-order valence-electron chi connectivity index (χ4n) is 3.31. The fourth-order valence-corrected chi connectivity index (χ4v) is 4.28. The van der Waals surface area contributed by atoms with Crippen molar-refractivity contribution < 1.29 is 22.8 Å². The van der Waals surface area contributed by atoms with Gasteiger partial charge in [0.1, 0.15) is 11.1 Å². The molecule has 168 valence electrons. The summed E-state index contributed by atoms with van der Waals surface area (Å²) in [6.07, 6.45) is -4.66. The number of hydrogen-bond donors (Lipinski definition) is 1. The number of fused-ring (bicyclic) bond motifs is 1. The zero-order valence-corrected chi connectivity index (χ0v) is 18.5. The van der Waals surface area contributed by atoms with Gasteiger partial charge in [0.2, 0.25) is 11.8 Å². The second-order valence-corrected chi connectivity index (χ2v) is 8.48. The van der Waals surface area contributed by atoms with Crippen LogP contribution in [0.25, 0.3) is 0 Å². The van der Waals surface area contributed by atoms with E-state index in [1.807, 2.05) is 0 Å². The summed E-state index contributed by atoms with van der Waals surface area (Å²) >= 11 is 6.60. The maximum atomic E-state index is 13.9. The molecule has 3 rings (SSSR count). The first-order valence-electron chi connectivity index (χ1n) is 9.52. The molecule has 2 amide bonds. The molecule has 6 nitrogen and oxygen atoms in total. The van der Waals surface area contributed by atoms with Crippen LogP contribution in [0.2, 0.25) is 5.02 Å². The molecule has 11 heteroatoms. The van der Waals surface area contributed by atoms with E-state index >= 15 is 0 Å². The highest BCUT2D eigenvalue weighted by Crippen LogP contribution is 2.40. The number of alkyl halides is 3. The summed E-state index contributed by atoms with van der Waals surface area (Å²) < 4.78 is 41.7. The van der Waals surface area contributed by atoms with Crippen molar-refractivity contribution >= 4 is 35.2 Å². The average Bonchev–Trinajstić information content (AvgIpc) is 2.74. The molecule has 1 aliphatic rings. The summed E-state index contributed by atoms with van der Waals surface area (Å²) in [6, 6.07) is 8.45. The molecular weight excluding hydrogens is 465 g/mol. The molecule has 1 aliphatic heterocycles. The van der Waals surface area contributed by atoms with Gasteiger partial charge in [0.15, 0.2) is 0 Å². The summed E-state index contributed by atoms with van der Waals surface area (Å²) in [5, 5.41) is 12.6. The van der Waals surface area contributed by atoms with E-state index in [9.17, 15) is 28.0 Å². The second-order valence-electron chi connectivity index (χ2n) is 7.08. The summed E-state index contributed by atoms with van der Waals surface area (Å²) in [5.74, 6) is -0.965. The summed E-state index contributed by atoms with van der Waals surface area (Å²) in [4.78, 5) is 29.4. The lowest BCUT2D eigenvalue weighted by Gasteiger charge is -2.30. The Labute approximate surface area is 191 Å². The predicted octanol–water partition coefficient (Wildman–Crippen LogP) is 3.94. The number of carbonyl (C=O) groups is 2. The molecule has 0 saturated carbocycles. The monoisotopic (exact) mass is 482 g/mol. The third-order valence-corrected chi connectivity index (χ3v) is 6.13. The van der Waals surface area contributed by atoms with Crippen molar-refractivity contribution in [2.45, 2.75) is 37.6 Å². The lowest BCUT2D eigenvalue weighted by atomic mass is 9.96. The van der Waals surface area contributed by atoms with Gasteiger partial charge in [-0.3, -0.25) is 9.59 Å². The first-order valence-corrected chi connectivity index (χ1v) is 10.9. The van der Waals surface area contributed by atoms with Gasteiger partial charge in [-0.1, -0.05) is 35.5 Å². The van der Waals surface area contributed by atoms with E-state index in [2.05, 4.69) is 10.3 Å². The summed E-state index contributed by atoms with van der Waals surface area (Å²) in [6.45, 7) is 1.50. The van der Waals surface area contributed by atoms with E-state index in [1.165, 1.54) is 11.8 Å². The molecule has 0 saturated heterocycles. The number of nitrogens with zero attached hydrogens (tertiary/aromatic N) is 3. The van der Waals surface area contributed by atoms with Crippen molar-refractivity contribution in [2.24, 2.45) is 0 Å². The molecule has 1 aromatic heterocycles. The Kier molecular flexibility index (Phi) is 7.31. The highest BCUT2D eigenvalue weighted by atomic mass is 35.5. The van der Waals surface area contributed by atoms with Gasteiger partial charge in [0.05, 0.1) is 16.9 Å². The molecule has 0 fully saturated rings. The van der Waals surface area contributed by atoms with Crippen LogP contribution in [0.15, 0.2) is 29.3 Å². The maximum absolute atomic E-state index is 13.9. The average molecular weight is 483 g/mol. The Morgan fingerprint density at radius 1 is 1.31 bits per heavy atom. The van der Waals surface area contributed by atoms with E-state index in [0.717, 1.165) is 17.3 Å². The Bertz CT molecular complexity index is 1080. The zero-order chi connectivity index (χ0) is 23.5. The van der Waals surface area contributed by atoms with Gasteiger partial charge in [-0.15, -0.1) is 0 Å². The zero-order valence-electron chi connectivity index (χ0n) is 16.9. The minimum absolute atomic E-state index is 0.139. The number of nitrogens with one attached hydrogen (secondary N) is 1. The SMILES string of the molecule is CC(=O)N1CCc2nc(SCC(=O)NCc3ccc(Cl)cc3)c(C#N)c(C(F)(F)F)c2C1. The van der Waals surface area contributed by atoms with Gasteiger partial charge >= 0.3 is 6.18 Å². The van der Waals surface area contributed by atoms with Crippen LogP contribution in [0.5, 0.6) is 0 Å². The van der Waals surface area contributed by atoms with Gasteiger partial charge in [-0.05, 0) is 17.7 Å². The minimum Gasteiger partial charge on any atom is -0.351 e. The lowest BCUT2D eigenvalue weighted by molar-refractivity contribution is -0.140. The van der Waals surface area contributed by atoms with Crippen LogP contribution in [0.3, 0.4) is 0 Å². The quantitative estimate of drug-likeness (QED) is 0.652. The number of halogens is 4. The Hall–Kier alpha value is -2.77. The number of hydrogen-bond acceptors (Lipinski definition) is 5. The van der Waals surface area contributed by atoms with Gasteiger partial charge in [0.25, 0.3) is 0 Å². The third kappa shape index (κ3) is 5.53. The predicted molar refractivity (Wildman–Crippen MR) is 113 cm³/mol. The number of pyridine rings is 1. The molecule has 0 bridgehead atoms. The molecule has 0 unspecified atom stereocenters. The van der Waals surface area contributed by atoms with E-state index in [0.29, 0.717) is 5.02 Å². The van der Waals surface area contributed by atoms with Gasteiger partial charge < -0.3 is 10.2 Å². The number of amides is 2. The molecule has 2 aromatic rings.